The minimum absolute atomic E-state index is 0.00490. The quantitative estimate of drug-likeness (QED) is 0.148. The van der Waals surface area contributed by atoms with E-state index in [0.29, 0.717) is 61.1 Å². The van der Waals surface area contributed by atoms with E-state index >= 15 is 0 Å². The van der Waals surface area contributed by atoms with Crippen molar-refractivity contribution in [2.24, 2.45) is 4.99 Å². The lowest BCUT2D eigenvalue weighted by molar-refractivity contribution is -0.139. The largest absolute Gasteiger partial charge is 0.496 e. The molecule has 1 aliphatic rings. The zero-order valence-corrected chi connectivity index (χ0v) is 27.7. The highest BCUT2D eigenvalue weighted by molar-refractivity contribution is 7.07. The van der Waals surface area contributed by atoms with Gasteiger partial charge in [-0.1, -0.05) is 84.8 Å². The van der Waals surface area contributed by atoms with Gasteiger partial charge < -0.3 is 14.2 Å². The zero-order valence-electron chi connectivity index (χ0n) is 26.1. The van der Waals surface area contributed by atoms with Gasteiger partial charge in [0.05, 0.1) is 29.5 Å². The Morgan fingerprint density at radius 3 is 2.57 bits per heavy atom. The van der Waals surface area contributed by atoms with E-state index < -0.39 is 12.0 Å². The summed E-state index contributed by atoms with van der Waals surface area (Å²) >= 11 is 7.69. The summed E-state index contributed by atoms with van der Waals surface area (Å²) in [4.78, 5) is 33.4. The molecule has 0 radical (unpaired) electrons. The van der Waals surface area contributed by atoms with Gasteiger partial charge in [-0.05, 0) is 60.5 Å². The first kappa shape index (κ1) is 32.2. The van der Waals surface area contributed by atoms with Gasteiger partial charge in [0.1, 0.15) is 30.0 Å². The van der Waals surface area contributed by atoms with Gasteiger partial charge in [0, 0.05) is 21.7 Å². The Morgan fingerprint density at radius 1 is 1.04 bits per heavy atom. The summed E-state index contributed by atoms with van der Waals surface area (Å²) in [6, 6.07) is 22.2. The minimum Gasteiger partial charge on any atom is -0.496 e. The lowest BCUT2D eigenvalue weighted by atomic mass is 9.93. The van der Waals surface area contributed by atoms with Gasteiger partial charge in [-0.3, -0.25) is 9.36 Å². The second-order valence-electron chi connectivity index (χ2n) is 10.9. The first-order chi connectivity index (χ1) is 22.8. The topological polar surface area (TPSA) is 79.1 Å². The molecule has 0 spiro atoms. The Kier molecular flexibility index (Phi) is 9.56. The molecule has 10 heteroatoms. The van der Waals surface area contributed by atoms with E-state index in [-0.39, 0.29) is 30.2 Å². The van der Waals surface area contributed by atoms with Crippen molar-refractivity contribution >= 4 is 45.8 Å². The molecule has 240 valence electrons. The van der Waals surface area contributed by atoms with Crippen molar-refractivity contribution < 1.29 is 23.4 Å². The van der Waals surface area contributed by atoms with Gasteiger partial charge >= 0.3 is 5.97 Å². The molecule has 5 aromatic rings. The van der Waals surface area contributed by atoms with Crippen molar-refractivity contribution in [1.29, 1.82) is 0 Å². The summed E-state index contributed by atoms with van der Waals surface area (Å²) in [5.74, 6) is 0.0370. The van der Waals surface area contributed by atoms with Crippen LogP contribution < -0.4 is 24.4 Å². The Hall–Kier alpha value is -4.73. The second kappa shape index (κ2) is 13.9. The molecule has 0 saturated heterocycles. The number of allylic oxidation sites excluding steroid dienone is 1. The van der Waals surface area contributed by atoms with Crippen LogP contribution in [0.1, 0.15) is 49.4 Å². The summed E-state index contributed by atoms with van der Waals surface area (Å²) < 4.78 is 33.8. The molecule has 0 bridgehead atoms. The van der Waals surface area contributed by atoms with Gasteiger partial charge in [-0.2, -0.15) is 0 Å². The van der Waals surface area contributed by atoms with Crippen LogP contribution in [0.4, 0.5) is 4.39 Å². The number of aromatic nitrogens is 1. The highest BCUT2D eigenvalue weighted by Crippen LogP contribution is 2.38. The minimum atomic E-state index is -0.896. The van der Waals surface area contributed by atoms with Crippen LogP contribution in [0.2, 0.25) is 5.02 Å². The number of rotatable bonds is 10. The number of thiazole rings is 1. The molecule has 0 fully saturated rings. The molecule has 0 aliphatic carbocycles. The van der Waals surface area contributed by atoms with Crippen LogP contribution in [-0.2, 0) is 16.1 Å². The number of benzene rings is 4. The third-order valence-corrected chi connectivity index (χ3v) is 9.14. The summed E-state index contributed by atoms with van der Waals surface area (Å²) in [6.45, 7) is 3.89. The van der Waals surface area contributed by atoms with Crippen LogP contribution in [0.3, 0.4) is 0 Å². The fraction of sp³-hybridized carbons (Fsp3) is 0.216. The summed E-state index contributed by atoms with van der Waals surface area (Å²) in [7, 11) is 1.53. The number of carbonyl (C=O) groups is 1. The first-order valence-electron chi connectivity index (χ1n) is 15.3. The van der Waals surface area contributed by atoms with E-state index in [9.17, 15) is 14.0 Å². The number of nitrogens with zero attached hydrogens (tertiary/aromatic N) is 2. The second-order valence-corrected chi connectivity index (χ2v) is 12.3. The van der Waals surface area contributed by atoms with Crippen LogP contribution >= 0.6 is 22.9 Å². The lowest BCUT2D eigenvalue weighted by Gasteiger charge is -2.27. The molecule has 6 rings (SSSR count). The summed E-state index contributed by atoms with van der Waals surface area (Å²) in [6.07, 6.45) is 2.99. The maximum absolute atomic E-state index is 14.5. The van der Waals surface area contributed by atoms with Gasteiger partial charge in [0.2, 0.25) is 0 Å². The molecule has 0 unspecified atom stereocenters. The molecule has 0 saturated carbocycles. The Bertz CT molecular complexity index is 2210. The van der Waals surface area contributed by atoms with E-state index in [1.165, 1.54) is 29.1 Å². The monoisotopic (exact) mass is 670 g/mol. The number of methoxy groups -OCH3 is 1. The van der Waals surface area contributed by atoms with Crippen molar-refractivity contribution in [3.05, 3.63) is 137 Å². The number of carbonyl (C=O) groups excluding carboxylic acids is 1. The number of esters is 1. The van der Waals surface area contributed by atoms with Gasteiger partial charge in [0.15, 0.2) is 4.80 Å². The van der Waals surface area contributed by atoms with Crippen LogP contribution in [0.5, 0.6) is 11.5 Å². The van der Waals surface area contributed by atoms with Crippen LogP contribution in [0.25, 0.3) is 16.8 Å². The number of ether oxygens (including phenoxy) is 3. The van der Waals surface area contributed by atoms with Crippen molar-refractivity contribution in [2.75, 3.05) is 13.7 Å². The fourth-order valence-electron chi connectivity index (χ4n) is 5.79. The van der Waals surface area contributed by atoms with Crippen LogP contribution in [-0.4, -0.2) is 24.3 Å². The van der Waals surface area contributed by atoms with Crippen LogP contribution in [0, 0.1) is 5.82 Å². The molecule has 0 N–H and O–H groups in total. The highest BCUT2D eigenvalue weighted by Gasteiger charge is 2.36. The molecule has 1 aliphatic heterocycles. The zero-order chi connectivity index (χ0) is 33.1. The Morgan fingerprint density at radius 2 is 1.81 bits per heavy atom. The number of fused-ring (bicyclic) bond motifs is 2. The average Bonchev–Trinajstić information content (AvgIpc) is 3.38. The van der Waals surface area contributed by atoms with E-state index in [2.05, 4.69) is 0 Å². The predicted octanol–water partition coefficient (Wildman–Crippen LogP) is 7.11. The van der Waals surface area contributed by atoms with Crippen molar-refractivity contribution in [2.45, 2.75) is 39.3 Å². The summed E-state index contributed by atoms with van der Waals surface area (Å²) in [5.41, 5.74) is 2.08. The van der Waals surface area contributed by atoms with E-state index in [1.807, 2.05) is 43.3 Å². The predicted molar refractivity (Wildman–Crippen MR) is 182 cm³/mol. The highest BCUT2D eigenvalue weighted by atomic mass is 35.5. The third-order valence-electron chi connectivity index (χ3n) is 7.93. The molecule has 1 atom stereocenters. The Balaban J connectivity index is 1.59. The SMILES string of the molecule is CCCC1=C(C(=O)OCC)[C@H](c2cc(Cl)ccc2OC)n2c(s/c(=C/c3c(OCc4ccccc4F)ccc4ccccc34)c2=O)=N1. The smallest absolute Gasteiger partial charge is 0.338 e. The Labute approximate surface area is 279 Å². The van der Waals surface area contributed by atoms with Gasteiger partial charge in [0.25, 0.3) is 5.56 Å². The first-order valence-corrected chi connectivity index (χ1v) is 16.5. The van der Waals surface area contributed by atoms with Crippen molar-refractivity contribution in [3.8, 4) is 11.5 Å². The maximum Gasteiger partial charge on any atom is 0.338 e. The lowest BCUT2D eigenvalue weighted by Crippen LogP contribution is -2.40. The molecular formula is C37H32ClFN2O5S. The number of hydrogen-bond acceptors (Lipinski definition) is 7. The summed E-state index contributed by atoms with van der Waals surface area (Å²) in [5, 5.41) is 2.23. The van der Waals surface area contributed by atoms with Crippen molar-refractivity contribution in [3.63, 3.8) is 0 Å². The molecule has 2 heterocycles. The van der Waals surface area contributed by atoms with E-state index in [1.54, 1.807) is 49.4 Å². The molecule has 7 nitrogen and oxygen atoms in total. The van der Waals surface area contributed by atoms with Crippen molar-refractivity contribution in [1.82, 2.24) is 4.57 Å². The van der Waals surface area contributed by atoms with E-state index in [0.717, 1.165) is 10.8 Å². The standard InChI is InChI=1S/C37H32ClFN2O5S/c1-4-10-29-33(36(43)45-5-2)34(27-19-24(38)16-18-30(27)44-3)41-35(42)32(47-37(41)40-29)20-26-25-13-8-6-11-22(25)15-17-31(26)46-21-23-12-7-9-14-28(23)39/h6-9,11-20,34H,4-5,10,21H2,1-3H3/b32-20+/t34-/m0/s1. The fourth-order valence-corrected chi connectivity index (χ4v) is 6.97. The van der Waals surface area contributed by atoms with E-state index in [4.69, 9.17) is 30.8 Å². The third kappa shape index (κ3) is 6.33. The average molecular weight is 671 g/mol. The molecule has 4 aromatic carbocycles. The maximum atomic E-state index is 14.5. The number of hydrogen-bond donors (Lipinski definition) is 0. The molecular weight excluding hydrogens is 639 g/mol. The molecule has 1 aromatic heterocycles. The van der Waals surface area contributed by atoms with Gasteiger partial charge in [-0.15, -0.1) is 0 Å². The molecule has 0 amide bonds. The van der Waals surface area contributed by atoms with Gasteiger partial charge in [-0.25, -0.2) is 14.2 Å². The number of halogens is 2. The molecule has 47 heavy (non-hydrogen) atoms. The van der Waals surface area contributed by atoms with Crippen LogP contribution in [0.15, 0.2) is 99.9 Å². The normalized spacial score (nSPS) is 14.6.